The summed E-state index contributed by atoms with van der Waals surface area (Å²) < 4.78 is 15.4. The van der Waals surface area contributed by atoms with Crippen molar-refractivity contribution in [1.29, 1.82) is 0 Å². The molecule has 1 N–H and O–H groups in total. The van der Waals surface area contributed by atoms with E-state index in [-0.39, 0.29) is 6.29 Å². The van der Waals surface area contributed by atoms with Gasteiger partial charge in [-0.15, -0.1) is 0 Å². The Morgan fingerprint density at radius 1 is 1.24 bits per heavy atom. The van der Waals surface area contributed by atoms with E-state index >= 15 is 0 Å². The molecule has 0 radical (unpaired) electrons. The minimum absolute atomic E-state index is 0.261. The fraction of sp³-hybridized carbons (Fsp3) is 0.500. The number of rotatable bonds is 7. The highest BCUT2D eigenvalue weighted by molar-refractivity contribution is 6.31. The van der Waals surface area contributed by atoms with Crippen molar-refractivity contribution in [2.45, 2.75) is 12.8 Å². The van der Waals surface area contributed by atoms with Crippen molar-refractivity contribution < 1.29 is 14.2 Å². The first-order chi connectivity index (χ1) is 8.22. The van der Waals surface area contributed by atoms with Crippen molar-refractivity contribution in [1.82, 2.24) is 5.32 Å². The quantitative estimate of drug-likeness (QED) is 0.761. The van der Waals surface area contributed by atoms with E-state index in [9.17, 15) is 0 Å². The third kappa shape index (κ3) is 4.16. The highest BCUT2D eigenvalue weighted by Crippen LogP contribution is 2.25. The monoisotopic (exact) mass is 259 g/mol. The molecule has 4 nitrogen and oxygen atoms in total. The standard InChI is InChI=1S/C12H18ClNO3/c1-15-11-6-4-5-10(13)9(11)7-14-8-12(16-2)17-3/h4-6,12,14H,7-8H2,1-3H3. The van der Waals surface area contributed by atoms with E-state index in [0.29, 0.717) is 18.1 Å². The van der Waals surface area contributed by atoms with Gasteiger partial charge in [-0.25, -0.2) is 0 Å². The molecule has 0 amide bonds. The lowest BCUT2D eigenvalue weighted by molar-refractivity contribution is -0.0989. The van der Waals surface area contributed by atoms with E-state index in [2.05, 4.69) is 5.32 Å². The van der Waals surface area contributed by atoms with Crippen molar-refractivity contribution in [2.24, 2.45) is 0 Å². The van der Waals surface area contributed by atoms with Crippen molar-refractivity contribution in [3.05, 3.63) is 28.8 Å². The van der Waals surface area contributed by atoms with E-state index in [0.717, 1.165) is 11.3 Å². The van der Waals surface area contributed by atoms with E-state index < -0.39 is 0 Å². The Morgan fingerprint density at radius 3 is 2.53 bits per heavy atom. The Balaban J connectivity index is 2.56. The third-order valence-corrected chi connectivity index (χ3v) is 2.79. The van der Waals surface area contributed by atoms with Gasteiger partial charge >= 0.3 is 0 Å². The predicted octanol–water partition coefficient (Wildman–Crippen LogP) is 2.06. The third-order valence-electron chi connectivity index (χ3n) is 2.43. The Kier molecular flexibility index (Phi) is 6.29. The van der Waals surface area contributed by atoms with Gasteiger partial charge in [-0.1, -0.05) is 17.7 Å². The molecule has 0 saturated heterocycles. The van der Waals surface area contributed by atoms with Crippen LogP contribution in [0.1, 0.15) is 5.56 Å². The average molecular weight is 260 g/mol. The number of methoxy groups -OCH3 is 3. The van der Waals surface area contributed by atoms with Crippen LogP contribution >= 0.6 is 11.6 Å². The molecule has 0 heterocycles. The summed E-state index contributed by atoms with van der Waals surface area (Å²) in [5, 5.41) is 3.89. The van der Waals surface area contributed by atoms with E-state index in [1.54, 1.807) is 21.3 Å². The number of halogens is 1. The zero-order valence-corrected chi connectivity index (χ0v) is 11.1. The summed E-state index contributed by atoms with van der Waals surface area (Å²) in [6.07, 6.45) is -0.261. The zero-order valence-electron chi connectivity index (χ0n) is 10.3. The Hall–Kier alpha value is -0.810. The highest BCUT2D eigenvalue weighted by atomic mass is 35.5. The molecular formula is C12H18ClNO3. The predicted molar refractivity (Wildman–Crippen MR) is 67.5 cm³/mol. The lowest BCUT2D eigenvalue weighted by Crippen LogP contribution is -2.29. The lowest BCUT2D eigenvalue weighted by atomic mass is 10.2. The van der Waals surface area contributed by atoms with Crippen molar-refractivity contribution in [3.8, 4) is 5.75 Å². The molecule has 0 aromatic heterocycles. The highest BCUT2D eigenvalue weighted by Gasteiger charge is 2.09. The van der Waals surface area contributed by atoms with Gasteiger partial charge in [0.1, 0.15) is 5.75 Å². The summed E-state index contributed by atoms with van der Waals surface area (Å²) in [5.74, 6) is 0.774. The minimum atomic E-state index is -0.261. The summed E-state index contributed by atoms with van der Waals surface area (Å²) in [4.78, 5) is 0. The molecule has 0 saturated carbocycles. The molecule has 96 valence electrons. The first-order valence-corrected chi connectivity index (χ1v) is 5.68. The van der Waals surface area contributed by atoms with Crippen LogP contribution in [0.25, 0.3) is 0 Å². The van der Waals surface area contributed by atoms with Crippen LogP contribution in [0.2, 0.25) is 5.02 Å². The number of benzene rings is 1. The van der Waals surface area contributed by atoms with Gasteiger partial charge in [0.25, 0.3) is 0 Å². The molecule has 0 spiro atoms. The van der Waals surface area contributed by atoms with Gasteiger partial charge < -0.3 is 19.5 Å². The van der Waals surface area contributed by atoms with Crippen LogP contribution in [0.4, 0.5) is 0 Å². The van der Waals surface area contributed by atoms with Crippen LogP contribution in [0, 0.1) is 0 Å². The molecule has 1 aromatic rings. The molecule has 17 heavy (non-hydrogen) atoms. The topological polar surface area (TPSA) is 39.7 Å². The van der Waals surface area contributed by atoms with Crippen LogP contribution in [0.15, 0.2) is 18.2 Å². The maximum Gasteiger partial charge on any atom is 0.169 e. The zero-order chi connectivity index (χ0) is 12.7. The van der Waals surface area contributed by atoms with Gasteiger partial charge in [-0.05, 0) is 12.1 Å². The second-order valence-electron chi connectivity index (χ2n) is 3.45. The summed E-state index contributed by atoms with van der Waals surface area (Å²) in [6, 6.07) is 5.58. The van der Waals surface area contributed by atoms with Gasteiger partial charge in [-0.2, -0.15) is 0 Å². The number of hydrogen-bond donors (Lipinski definition) is 1. The molecule has 0 aliphatic rings. The number of hydrogen-bond acceptors (Lipinski definition) is 4. The van der Waals surface area contributed by atoms with Gasteiger partial charge in [0.15, 0.2) is 6.29 Å². The fourth-order valence-corrected chi connectivity index (χ4v) is 1.71. The first kappa shape index (κ1) is 14.3. The maximum atomic E-state index is 6.11. The summed E-state index contributed by atoms with van der Waals surface area (Å²) in [5.41, 5.74) is 0.933. The molecule has 0 fully saturated rings. The summed E-state index contributed by atoms with van der Waals surface area (Å²) in [6.45, 7) is 1.19. The Labute approximate surface area is 107 Å². The second kappa shape index (κ2) is 7.50. The molecule has 0 aliphatic heterocycles. The van der Waals surface area contributed by atoms with E-state index in [1.807, 2.05) is 18.2 Å². The van der Waals surface area contributed by atoms with E-state index in [1.165, 1.54) is 0 Å². The first-order valence-electron chi connectivity index (χ1n) is 5.30. The molecule has 0 unspecified atom stereocenters. The largest absolute Gasteiger partial charge is 0.496 e. The van der Waals surface area contributed by atoms with Crippen molar-refractivity contribution in [3.63, 3.8) is 0 Å². The van der Waals surface area contributed by atoms with Gasteiger partial charge in [-0.3, -0.25) is 0 Å². The van der Waals surface area contributed by atoms with E-state index in [4.69, 9.17) is 25.8 Å². The van der Waals surface area contributed by atoms with Gasteiger partial charge in [0.05, 0.1) is 7.11 Å². The van der Waals surface area contributed by atoms with Crippen LogP contribution in [-0.4, -0.2) is 34.2 Å². The molecule has 1 aromatic carbocycles. The molecule has 0 aliphatic carbocycles. The number of ether oxygens (including phenoxy) is 3. The normalized spacial score (nSPS) is 10.9. The second-order valence-corrected chi connectivity index (χ2v) is 3.86. The summed E-state index contributed by atoms with van der Waals surface area (Å²) in [7, 11) is 4.83. The fourth-order valence-electron chi connectivity index (χ4n) is 1.48. The van der Waals surface area contributed by atoms with Crippen LogP contribution in [-0.2, 0) is 16.0 Å². The van der Waals surface area contributed by atoms with Crippen molar-refractivity contribution in [2.75, 3.05) is 27.9 Å². The van der Waals surface area contributed by atoms with Crippen LogP contribution in [0.3, 0.4) is 0 Å². The SMILES string of the molecule is COc1cccc(Cl)c1CNCC(OC)OC. The van der Waals surface area contributed by atoms with Crippen molar-refractivity contribution >= 4 is 11.6 Å². The molecule has 0 atom stereocenters. The Bertz CT molecular complexity index is 343. The Morgan fingerprint density at radius 2 is 1.94 bits per heavy atom. The number of nitrogens with one attached hydrogen (secondary N) is 1. The summed E-state index contributed by atoms with van der Waals surface area (Å²) >= 11 is 6.11. The molecule has 5 heteroatoms. The van der Waals surface area contributed by atoms with Gasteiger partial charge in [0, 0.05) is 37.9 Å². The maximum absolute atomic E-state index is 6.11. The molecule has 1 rings (SSSR count). The molecule has 0 bridgehead atoms. The molecular weight excluding hydrogens is 242 g/mol. The minimum Gasteiger partial charge on any atom is -0.496 e. The lowest BCUT2D eigenvalue weighted by Gasteiger charge is -2.15. The van der Waals surface area contributed by atoms with Crippen LogP contribution < -0.4 is 10.1 Å². The van der Waals surface area contributed by atoms with Gasteiger partial charge in [0.2, 0.25) is 0 Å². The smallest absolute Gasteiger partial charge is 0.169 e. The average Bonchev–Trinajstić information content (AvgIpc) is 2.36. The van der Waals surface area contributed by atoms with Crippen LogP contribution in [0.5, 0.6) is 5.75 Å².